The fourth-order valence-electron chi connectivity index (χ4n) is 3.39. The Hall–Kier alpha value is -2.68. The highest BCUT2D eigenvalue weighted by Gasteiger charge is 2.23. The van der Waals surface area contributed by atoms with E-state index in [4.69, 9.17) is 4.43 Å². The zero-order valence-electron chi connectivity index (χ0n) is 14.7. The molecule has 0 amide bonds. The van der Waals surface area contributed by atoms with Gasteiger partial charge in [0, 0.05) is 6.61 Å². The average Bonchev–Trinajstić information content (AvgIpc) is 2.71. The molecule has 0 unspecified atom stereocenters. The molecule has 0 aliphatic heterocycles. The van der Waals surface area contributed by atoms with E-state index in [1.54, 1.807) is 0 Å². The van der Waals surface area contributed by atoms with E-state index in [1.807, 2.05) is 6.08 Å². The minimum absolute atomic E-state index is 0.699. The van der Waals surface area contributed by atoms with Crippen molar-refractivity contribution in [2.75, 3.05) is 6.61 Å². The Kier molecular flexibility index (Phi) is 4.96. The SMILES string of the molecule is C=CCCO[Si](c1cccc2ccccc12)c1cccc2ccccc12. The minimum Gasteiger partial charge on any atom is -0.407 e. The third-order valence-electron chi connectivity index (χ3n) is 4.64. The summed E-state index contributed by atoms with van der Waals surface area (Å²) in [5, 5.41) is 7.73. The zero-order chi connectivity index (χ0) is 17.8. The first kappa shape index (κ1) is 16.8. The molecule has 0 aromatic heterocycles. The summed E-state index contributed by atoms with van der Waals surface area (Å²) in [6.45, 7) is 4.53. The Morgan fingerprint density at radius 3 is 1.73 bits per heavy atom. The van der Waals surface area contributed by atoms with Crippen LogP contribution in [0.5, 0.6) is 0 Å². The maximum atomic E-state index is 6.50. The molecule has 0 heterocycles. The molecule has 4 aromatic rings. The Morgan fingerprint density at radius 2 is 1.19 bits per heavy atom. The van der Waals surface area contributed by atoms with Gasteiger partial charge in [0.2, 0.25) is 0 Å². The average molecular weight is 354 g/mol. The second-order valence-corrected chi connectivity index (χ2v) is 8.33. The van der Waals surface area contributed by atoms with E-state index >= 15 is 0 Å². The summed E-state index contributed by atoms with van der Waals surface area (Å²) < 4.78 is 6.50. The van der Waals surface area contributed by atoms with Gasteiger partial charge in [0.1, 0.15) is 0 Å². The molecule has 1 radical (unpaired) electrons. The van der Waals surface area contributed by atoms with Crippen molar-refractivity contribution in [3.8, 4) is 0 Å². The molecule has 0 aliphatic carbocycles. The lowest BCUT2D eigenvalue weighted by Crippen LogP contribution is -2.46. The highest BCUT2D eigenvalue weighted by Crippen LogP contribution is 2.16. The van der Waals surface area contributed by atoms with Crippen LogP contribution in [0, 0.1) is 0 Å². The molecule has 2 heteroatoms. The number of hydrogen-bond donors (Lipinski definition) is 0. The molecule has 0 aliphatic rings. The summed E-state index contributed by atoms with van der Waals surface area (Å²) in [5.41, 5.74) is 0. The van der Waals surface area contributed by atoms with Gasteiger partial charge in [-0.1, -0.05) is 91.0 Å². The van der Waals surface area contributed by atoms with Crippen LogP contribution in [0.1, 0.15) is 6.42 Å². The predicted molar refractivity (Wildman–Crippen MR) is 114 cm³/mol. The fraction of sp³-hybridized carbons (Fsp3) is 0.0833. The molecule has 0 N–H and O–H groups in total. The summed E-state index contributed by atoms with van der Waals surface area (Å²) >= 11 is 0. The van der Waals surface area contributed by atoms with E-state index in [2.05, 4.69) is 91.5 Å². The molecular weight excluding hydrogens is 332 g/mol. The first-order valence-corrected chi connectivity index (χ1v) is 10.4. The maximum absolute atomic E-state index is 6.50. The lowest BCUT2D eigenvalue weighted by molar-refractivity contribution is 0.341. The van der Waals surface area contributed by atoms with Gasteiger partial charge >= 0.3 is 0 Å². The van der Waals surface area contributed by atoms with Gasteiger partial charge in [-0.05, 0) is 38.3 Å². The monoisotopic (exact) mass is 353 g/mol. The lowest BCUT2D eigenvalue weighted by atomic mass is 10.1. The van der Waals surface area contributed by atoms with Crippen molar-refractivity contribution in [1.29, 1.82) is 0 Å². The van der Waals surface area contributed by atoms with E-state index in [0.29, 0.717) is 6.61 Å². The molecule has 4 rings (SSSR count). The molecule has 0 bridgehead atoms. The van der Waals surface area contributed by atoms with Crippen molar-refractivity contribution in [1.82, 2.24) is 0 Å². The van der Waals surface area contributed by atoms with Crippen LogP contribution in [-0.2, 0) is 4.43 Å². The largest absolute Gasteiger partial charge is 0.407 e. The Bertz CT molecular complexity index is 964. The topological polar surface area (TPSA) is 9.23 Å². The maximum Gasteiger partial charge on any atom is 0.284 e. The van der Waals surface area contributed by atoms with Crippen LogP contribution in [0.4, 0.5) is 0 Å². The second-order valence-electron chi connectivity index (χ2n) is 6.31. The third kappa shape index (κ3) is 3.21. The number of fused-ring (bicyclic) bond motifs is 2. The summed E-state index contributed by atoms with van der Waals surface area (Å²) in [4.78, 5) is 0. The second kappa shape index (κ2) is 7.69. The Morgan fingerprint density at radius 1 is 0.692 bits per heavy atom. The van der Waals surface area contributed by atoms with E-state index < -0.39 is 9.04 Å². The number of rotatable bonds is 6. The van der Waals surface area contributed by atoms with Crippen molar-refractivity contribution in [2.45, 2.75) is 6.42 Å². The van der Waals surface area contributed by atoms with Crippen molar-refractivity contribution < 1.29 is 4.43 Å². The van der Waals surface area contributed by atoms with E-state index in [0.717, 1.165) is 6.42 Å². The highest BCUT2D eigenvalue weighted by molar-refractivity contribution is 6.83. The zero-order valence-corrected chi connectivity index (χ0v) is 15.7. The van der Waals surface area contributed by atoms with Crippen molar-refractivity contribution in [2.24, 2.45) is 0 Å². The summed E-state index contributed by atoms with van der Waals surface area (Å²) in [5.74, 6) is 0. The van der Waals surface area contributed by atoms with Crippen LogP contribution in [0.25, 0.3) is 21.5 Å². The number of benzene rings is 4. The van der Waals surface area contributed by atoms with Crippen molar-refractivity contribution in [3.05, 3.63) is 97.6 Å². The Labute approximate surface area is 156 Å². The molecular formula is C24H21OSi. The normalized spacial score (nSPS) is 11.3. The molecule has 0 atom stereocenters. The molecule has 0 saturated carbocycles. The standard InChI is InChI=1S/C24H21OSi/c1-2-3-18-25-26(23-16-8-12-19-10-4-6-14-21(19)23)24-17-9-13-20-11-5-7-15-22(20)24/h2,4-17H,1,3,18H2. The van der Waals surface area contributed by atoms with E-state index in [9.17, 15) is 0 Å². The van der Waals surface area contributed by atoms with Crippen molar-refractivity contribution in [3.63, 3.8) is 0 Å². The minimum atomic E-state index is -1.37. The van der Waals surface area contributed by atoms with Gasteiger partial charge in [-0.3, -0.25) is 0 Å². The lowest BCUT2D eigenvalue weighted by Gasteiger charge is -2.19. The smallest absolute Gasteiger partial charge is 0.284 e. The van der Waals surface area contributed by atoms with E-state index in [-0.39, 0.29) is 0 Å². The van der Waals surface area contributed by atoms with Gasteiger partial charge in [-0.25, -0.2) is 0 Å². The highest BCUT2D eigenvalue weighted by atomic mass is 28.3. The Balaban J connectivity index is 1.90. The first-order chi connectivity index (χ1) is 12.9. The summed E-state index contributed by atoms with van der Waals surface area (Å²) in [6.07, 6.45) is 2.79. The molecule has 4 aromatic carbocycles. The summed E-state index contributed by atoms with van der Waals surface area (Å²) in [6, 6.07) is 30.2. The van der Waals surface area contributed by atoms with Crippen LogP contribution in [-0.4, -0.2) is 15.6 Å². The third-order valence-corrected chi connectivity index (χ3v) is 6.98. The molecule has 1 nitrogen and oxygen atoms in total. The molecule has 0 spiro atoms. The quantitative estimate of drug-likeness (QED) is 0.278. The van der Waals surface area contributed by atoms with Gasteiger partial charge in [0.15, 0.2) is 0 Å². The van der Waals surface area contributed by atoms with Crippen LogP contribution in [0.15, 0.2) is 97.6 Å². The van der Waals surface area contributed by atoms with Gasteiger partial charge in [0.05, 0.1) is 0 Å². The fourth-order valence-corrected chi connectivity index (χ4v) is 5.75. The van der Waals surface area contributed by atoms with Crippen LogP contribution < -0.4 is 10.4 Å². The van der Waals surface area contributed by atoms with Crippen LogP contribution >= 0.6 is 0 Å². The molecule has 0 saturated heterocycles. The van der Waals surface area contributed by atoms with E-state index in [1.165, 1.54) is 31.9 Å². The summed E-state index contributed by atoms with van der Waals surface area (Å²) in [7, 11) is -1.37. The predicted octanol–water partition coefficient (Wildman–Crippen LogP) is 4.69. The first-order valence-electron chi connectivity index (χ1n) is 8.95. The van der Waals surface area contributed by atoms with Gasteiger partial charge < -0.3 is 4.43 Å². The van der Waals surface area contributed by atoms with Gasteiger partial charge in [-0.2, -0.15) is 0 Å². The van der Waals surface area contributed by atoms with Crippen molar-refractivity contribution >= 4 is 41.0 Å². The van der Waals surface area contributed by atoms with Crippen LogP contribution in [0.3, 0.4) is 0 Å². The molecule has 0 fully saturated rings. The molecule has 127 valence electrons. The molecule has 26 heavy (non-hydrogen) atoms. The van der Waals surface area contributed by atoms with Crippen LogP contribution in [0.2, 0.25) is 0 Å². The van der Waals surface area contributed by atoms with Gasteiger partial charge in [-0.15, -0.1) is 6.58 Å². The number of hydrogen-bond acceptors (Lipinski definition) is 1. The van der Waals surface area contributed by atoms with Gasteiger partial charge in [0.25, 0.3) is 9.04 Å².